The third-order valence-electron chi connectivity index (χ3n) is 3.91. The molecule has 100 valence electrons. The molecule has 0 aromatic heterocycles. The molecular weight excluding hydrogens is 212 g/mol. The molecule has 0 aromatic rings. The van der Waals surface area contributed by atoms with Crippen molar-refractivity contribution < 1.29 is 4.79 Å². The van der Waals surface area contributed by atoms with E-state index in [0.29, 0.717) is 18.4 Å². The zero-order valence-electron chi connectivity index (χ0n) is 11.8. The first kappa shape index (κ1) is 14.5. The maximum atomic E-state index is 12.2. The molecule has 1 aliphatic rings. The summed E-state index contributed by atoms with van der Waals surface area (Å²) in [5.41, 5.74) is 5.51. The van der Waals surface area contributed by atoms with Crippen molar-refractivity contribution in [1.82, 2.24) is 5.32 Å². The lowest BCUT2D eigenvalue weighted by Gasteiger charge is -2.44. The number of amides is 1. The van der Waals surface area contributed by atoms with Crippen LogP contribution < -0.4 is 11.1 Å². The highest BCUT2D eigenvalue weighted by molar-refractivity contribution is 5.84. The monoisotopic (exact) mass is 240 g/mol. The molecule has 1 unspecified atom stereocenters. The van der Waals surface area contributed by atoms with Crippen molar-refractivity contribution in [2.24, 2.45) is 23.0 Å². The highest BCUT2D eigenvalue weighted by Gasteiger charge is 2.47. The average molecular weight is 240 g/mol. The van der Waals surface area contributed by atoms with Crippen LogP contribution >= 0.6 is 0 Å². The molecule has 0 saturated heterocycles. The number of nitrogens with one attached hydrogen (secondary N) is 1. The Balaban J connectivity index is 2.37. The molecule has 0 heterocycles. The molecule has 0 aromatic carbocycles. The topological polar surface area (TPSA) is 55.1 Å². The van der Waals surface area contributed by atoms with E-state index >= 15 is 0 Å². The van der Waals surface area contributed by atoms with E-state index in [1.807, 2.05) is 0 Å². The molecule has 3 nitrogen and oxygen atoms in total. The summed E-state index contributed by atoms with van der Waals surface area (Å²) in [6.07, 6.45) is 4.12. The maximum Gasteiger partial charge on any atom is 0.227 e. The van der Waals surface area contributed by atoms with Crippen LogP contribution in [0.25, 0.3) is 0 Å². The predicted molar refractivity (Wildman–Crippen MR) is 71.6 cm³/mol. The zero-order chi connectivity index (χ0) is 13.1. The summed E-state index contributed by atoms with van der Waals surface area (Å²) in [5, 5.41) is 3.13. The van der Waals surface area contributed by atoms with Crippen LogP contribution in [0.5, 0.6) is 0 Å². The third-order valence-corrected chi connectivity index (χ3v) is 3.91. The number of rotatable bonds is 6. The largest absolute Gasteiger partial charge is 0.353 e. The molecule has 0 bridgehead atoms. The summed E-state index contributed by atoms with van der Waals surface area (Å²) in [7, 11) is 0. The van der Waals surface area contributed by atoms with Gasteiger partial charge in [0.15, 0.2) is 0 Å². The fourth-order valence-electron chi connectivity index (χ4n) is 2.75. The first-order valence-electron chi connectivity index (χ1n) is 6.90. The van der Waals surface area contributed by atoms with Crippen molar-refractivity contribution in [2.45, 2.75) is 59.4 Å². The second-order valence-corrected chi connectivity index (χ2v) is 6.34. The SMILES string of the molecule is CC(C)CCC(C)NC(=O)C1(CN)CC(C)C1. The molecule has 0 aliphatic heterocycles. The van der Waals surface area contributed by atoms with Gasteiger partial charge in [-0.25, -0.2) is 0 Å². The standard InChI is InChI=1S/C14H28N2O/c1-10(2)5-6-12(4)16-13(17)14(9-15)7-11(3)8-14/h10-12H,5-9,15H2,1-4H3,(H,16,17). The van der Waals surface area contributed by atoms with E-state index in [1.54, 1.807) is 0 Å². The van der Waals surface area contributed by atoms with Crippen LogP contribution in [-0.4, -0.2) is 18.5 Å². The van der Waals surface area contributed by atoms with Gasteiger partial charge in [0.25, 0.3) is 0 Å². The molecule has 3 heteroatoms. The fourth-order valence-corrected chi connectivity index (χ4v) is 2.75. The molecule has 1 fully saturated rings. The Bertz CT molecular complexity index is 257. The van der Waals surface area contributed by atoms with Crippen LogP contribution in [0.3, 0.4) is 0 Å². The lowest BCUT2D eigenvalue weighted by Crippen LogP contribution is -2.55. The van der Waals surface area contributed by atoms with Crippen LogP contribution in [0, 0.1) is 17.3 Å². The Labute approximate surface area is 106 Å². The minimum Gasteiger partial charge on any atom is -0.353 e. The predicted octanol–water partition coefficient (Wildman–Crippen LogP) is 2.30. The molecule has 1 saturated carbocycles. The summed E-state index contributed by atoms with van der Waals surface area (Å²) in [6, 6.07) is 0.268. The van der Waals surface area contributed by atoms with Gasteiger partial charge >= 0.3 is 0 Å². The number of hydrogen-bond acceptors (Lipinski definition) is 2. The van der Waals surface area contributed by atoms with Gasteiger partial charge in [0, 0.05) is 12.6 Å². The first-order valence-corrected chi connectivity index (χ1v) is 6.90. The number of nitrogens with two attached hydrogens (primary N) is 1. The van der Waals surface area contributed by atoms with E-state index in [9.17, 15) is 4.79 Å². The molecule has 1 amide bonds. The normalized spacial score (nSPS) is 29.9. The van der Waals surface area contributed by atoms with E-state index in [2.05, 4.69) is 33.0 Å². The molecule has 3 N–H and O–H groups in total. The van der Waals surface area contributed by atoms with Crippen LogP contribution in [0.4, 0.5) is 0 Å². The number of carbonyl (C=O) groups excluding carboxylic acids is 1. The van der Waals surface area contributed by atoms with Gasteiger partial charge in [0.2, 0.25) is 5.91 Å². The van der Waals surface area contributed by atoms with Gasteiger partial charge in [-0.3, -0.25) is 4.79 Å². The van der Waals surface area contributed by atoms with Crippen LogP contribution in [-0.2, 0) is 4.79 Å². The number of carbonyl (C=O) groups is 1. The average Bonchev–Trinajstić information content (AvgIpc) is 2.21. The third kappa shape index (κ3) is 3.70. The van der Waals surface area contributed by atoms with Crippen molar-refractivity contribution in [3.63, 3.8) is 0 Å². The molecule has 17 heavy (non-hydrogen) atoms. The Morgan fingerprint density at radius 2 is 1.94 bits per heavy atom. The van der Waals surface area contributed by atoms with Gasteiger partial charge in [-0.2, -0.15) is 0 Å². The minimum atomic E-state index is -0.258. The smallest absolute Gasteiger partial charge is 0.227 e. The lowest BCUT2D eigenvalue weighted by atomic mass is 9.62. The van der Waals surface area contributed by atoms with Gasteiger partial charge in [-0.05, 0) is 44.4 Å². The zero-order valence-corrected chi connectivity index (χ0v) is 11.8. The van der Waals surface area contributed by atoms with Crippen LogP contribution in [0.15, 0.2) is 0 Å². The summed E-state index contributed by atoms with van der Waals surface area (Å²) < 4.78 is 0. The van der Waals surface area contributed by atoms with Gasteiger partial charge in [0.05, 0.1) is 5.41 Å². The van der Waals surface area contributed by atoms with Crippen molar-refractivity contribution in [2.75, 3.05) is 6.54 Å². The van der Waals surface area contributed by atoms with Crippen molar-refractivity contribution in [1.29, 1.82) is 0 Å². The number of hydrogen-bond donors (Lipinski definition) is 2. The quantitative estimate of drug-likeness (QED) is 0.748. The Morgan fingerprint density at radius 1 is 1.35 bits per heavy atom. The minimum absolute atomic E-state index is 0.175. The highest BCUT2D eigenvalue weighted by atomic mass is 16.2. The van der Waals surface area contributed by atoms with E-state index in [1.165, 1.54) is 0 Å². The maximum absolute atomic E-state index is 12.2. The van der Waals surface area contributed by atoms with Crippen LogP contribution in [0.2, 0.25) is 0 Å². The van der Waals surface area contributed by atoms with Gasteiger partial charge in [-0.15, -0.1) is 0 Å². The molecule has 1 atom stereocenters. The second-order valence-electron chi connectivity index (χ2n) is 6.34. The van der Waals surface area contributed by atoms with E-state index in [-0.39, 0.29) is 17.4 Å². The summed E-state index contributed by atoms with van der Waals surface area (Å²) in [6.45, 7) is 9.18. The fraction of sp³-hybridized carbons (Fsp3) is 0.929. The summed E-state index contributed by atoms with van der Waals surface area (Å²) in [5.74, 6) is 1.52. The molecular formula is C14H28N2O. The van der Waals surface area contributed by atoms with E-state index in [4.69, 9.17) is 5.73 Å². The summed E-state index contributed by atoms with van der Waals surface area (Å²) in [4.78, 5) is 12.2. The lowest BCUT2D eigenvalue weighted by molar-refractivity contribution is -0.138. The van der Waals surface area contributed by atoms with Gasteiger partial charge in [-0.1, -0.05) is 20.8 Å². The Kier molecular flexibility index (Phi) is 4.99. The van der Waals surface area contributed by atoms with Gasteiger partial charge in [0.1, 0.15) is 0 Å². The van der Waals surface area contributed by atoms with Crippen LogP contribution in [0.1, 0.15) is 53.4 Å². The first-order chi connectivity index (χ1) is 7.89. The molecule has 1 rings (SSSR count). The van der Waals surface area contributed by atoms with Crippen molar-refractivity contribution >= 4 is 5.91 Å². The molecule has 1 aliphatic carbocycles. The van der Waals surface area contributed by atoms with E-state index in [0.717, 1.165) is 25.7 Å². The molecule has 0 spiro atoms. The Morgan fingerprint density at radius 3 is 2.35 bits per heavy atom. The van der Waals surface area contributed by atoms with Crippen molar-refractivity contribution in [3.8, 4) is 0 Å². The van der Waals surface area contributed by atoms with Crippen molar-refractivity contribution in [3.05, 3.63) is 0 Å². The molecule has 0 radical (unpaired) electrons. The summed E-state index contributed by atoms with van der Waals surface area (Å²) >= 11 is 0. The van der Waals surface area contributed by atoms with Gasteiger partial charge < -0.3 is 11.1 Å². The Hall–Kier alpha value is -0.570. The highest BCUT2D eigenvalue weighted by Crippen LogP contribution is 2.44. The second kappa shape index (κ2) is 5.85. The van der Waals surface area contributed by atoms with E-state index < -0.39 is 0 Å².